The molecule has 1 amide bonds. The summed E-state index contributed by atoms with van der Waals surface area (Å²) in [6.45, 7) is 11.4. The molecule has 0 radical (unpaired) electrons. The maximum absolute atomic E-state index is 13.4. The van der Waals surface area contributed by atoms with Gasteiger partial charge in [-0.2, -0.15) is 0 Å². The summed E-state index contributed by atoms with van der Waals surface area (Å²) in [6, 6.07) is 5.48. The van der Waals surface area contributed by atoms with Crippen LogP contribution >= 0.6 is 0 Å². The molecule has 3 rings (SSSR count). The third-order valence-electron chi connectivity index (χ3n) is 6.02. The predicted molar refractivity (Wildman–Crippen MR) is 114 cm³/mol. The molecular formula is C21H31N3O3S. The molecule has 0 saturated carbocycles. The van der Waals surface area contributed by atoms with Crippen LogP contribution in [0.25, 0.3) is 10.9 Å². The van der Waals surface area contributed by atoms with Crippen LogP contribution in [0.5, 0.6) is 0 Å². The number of hydrogen-bond donors (Lipinski definition) is 1. The summed E-state index contributed by atoms with van der Waals surface area (Å²) in [7, 11) is -3.06. The Morgan fingerprint density at radius 3 is 2.50 bits per heavy atom. The second kappa shape index (κ2) is 8.25. The van der Waals surface area contributed by atoms with Gasteiger partial charge in [0.2, 0.25) is 0 Å². The first kappa shape index (κ1) is 20.9. The molecule has 2 heterocycles. The molecule has 1 aliphatic heterocycles. The molecule has 1 aromatic heterocycles. The molecule has 7 heteroatoms. The molecule has 1 unspecified atom stereocenters. The van der Waals surface area contributed by atoms with E-state index in [0.29, 0.717) is 18.5 Å². The molecule has 0 aliphatic carbocycles. The van der Waals surface area contributed by atoms with Gasteiger partial charge in [-0.25, -0.2) is 8.42 Å². The highest BCUT2D eigenvalue weighted by atomic mass is 32.2. The molecule has 154 valence electrons. The largest absolute Gasteiger partial charge is 0.358 e. The first-order chi connectivity index (χ1) is 13.3. The number of likely N-dealkylation sites (N-methyl/N-ethyl adjacent to an activating group) is 1. The fraction of sp³-hybridized carbons (Fsp3) is 0.571. The number of nitrogens with one attached hydrogen (secondary N) is 1. The van der Waals surface area contributed by atoms with Gasteiger partial charge < -0.3 is 14.8 Å². The predicted octanol–water partition coefficient (Wildman–Crippen LogP) is 2.76. The molecule has 1 atom stereocenters. The van der Waals surface area contributed by atoms with Crippen molar-refractivity contribution in [3.05, 3.63) is 35.0 Å². The Kier molecular flexibility index (Phi) is 6.15. The standard InChI is InChI=1S/C21H31N3O3S/c1-5-23(6-2)10-11-24(18-9-12-28(26,27)14-18)21(25)17-7-8-20-19(13-17)15(3)16(4)22-20/h7-8,13,18,22H,5-6,9-12,14H2,1-4H3. The maximum Gasteiger partial charge on any atom is 0.254 e. The van der Waals surface area contributed by atoms with Gasteiger partial charge in [0.1, 0.15) is 0 Å². The van der Waals surface area contributed by atoms with E-state index >= 15 is 0 Å². The van der Waals surface area contributed by atoms with Crippen LogP contribution in [0.1, 0.15) is 41.9 Å². The number of aromatic amines is 1. The fourth-order valence-corrected chi connectivity index (χ4v) is 5.75. The first-order valence-electron chi connectivity index (χ1n) is 10.1. The third-order valence-corrected chi connectivity index (χ3v) is 7.77. The van der Waals surface area contributed by atoms with Crippen molar-refractivity contribution >= 4 is 26.6 Å². The van der Waals surface area contributed by atoms with Gasteiger partial charge in [-0.3, -0.25) is 4.79 Å². The average Bonchev–Trinajstić information content (AvgIpc) is 3.17. The summed E-state index contributed by atoms with van der Waals surface area (Å²) in [5.74, 6) is 0.165. The number of amides is 1. The van der Waals surface area contributed by atoms with E-state index < -0.39 is 9.84 Å². The number of rotatable bonds is 7. The lowest BCUT2D eigenvalue weighted by atomic mass is 10.1. The zero-order chi connectivity index (χ0) is 20.5. The van der Waals surface area contributed by atoms with Crippen molar-refractivity contribution in [2.75, 3.05) is 37.7 Å². The Morgan fingerprint density at radius 1 is 1.18 bits per heavy atom. The van der Waals surface area contributed by atoms with Gasteiger partial charge in [0.05, 0.1) is 11.5 Å². The van der Waals surface area contributed by atoms with Crippen molar-refractivity contribution in [1.82, 2.24) is 14.8 Å². The summed E-state index contributed by atoms with van der Waals surface area (Å²) in [6.07, 6.45) is 0.525. The van der Waals surface area contributed by atoms with Crippen LogP contribution in [0.15, 0.2) is 18.2 Å². The Hall–Kier alpha value is -1.86. The van der Waals surface area contributed by atoms with Gasteiger partial charge in [0.25, 0.3) is 5.91 Å². The lowest BCUT2D eigenvalue weighted by Gasteiger charge is -2.31. The number of carbonyl (C=O) groups is 1. The fourth-order valence-electron chi connectivity index (χ4n) is 4.02. The summed E-state index contributed by atoms with van der Waals surface area (Å²) >= 11 is 0. The third kappa shape index (κ3) is 4.25. The average molecular weight is 406 g/mol. The van der Waals surface area contributed by atoms with Gasteiger partial charge >= 0.3 is 0 Å². The van der Waals surface area contributed by atoms with Crippen LogP contribution in [0.2, 0.25) is 0 Å². The molecule has 0 bridgehead atoms. The van der Waals surface area contributed by atoms with Crippen LogP contribution in [0.3, 0.4) is 0 Å². The van der Waals surface area contributed by atoms with Crippen LogP contribution in [-0.4, -0.2) is 72.8 Å². The summed E-state index contributed by atoms with van der Waals surface area (Å²) in [4.78, 5) is 20.8. The molecule has 1 aromatic carbocycles. The molecule has 6 nitrogen and oxygen atoms in total. The number of aryl methyl sites for hydroxylation is 2. The zero-order valence-electron chi connectivity index (χ0n) is 17.3. The molecule has 0 spiro atoms. The SMILES string of the molecule is CCN(CC)CCN(C(=O)c1ccc2[nH]c(C)c(C)c2c1)C1CCS(=O)(=O)C1. The van der Waals surface area contributed by atoms with E-state index in [1.54, 1.807) is 4.90 Å². The van der Waals surface area contributed by atoms with Crippen molar-refractivity contribution in [2.45, 2.75) is 40.2 Å². The van der Waals surface area contributed by atoms with Crippen LogP contribution in [0.4, 0.5) is 0 Å². The normalized spacial score (nSPS) is 18.8. The second-order valence-corrected chi connectivity index (χ2v) is 9.95. The van der Waals surface area contributed by atoms with Crippen molar-refractivity contribution in [2.24, 2.45) is 0 Å². The molecule has 28 heavy (non-hydrogen) atoms. The van der Waals surface area contributed by atoms with Crippen LogP contribution in [0, 0.1) is 13.8 Å². The van der Waals surface area contributed by atoms with E-state index in [1.165, 1.54) is 0 Å². The van der Waals surface area contributed by atoms with Gasteiger partial charge in [-0.15, -0.1) is 0 Å². The Balaban J connectivity index is 1.90. The summed E-state index contributed by atoms with van der Waals surface area (Å²) in [5.41, 5.74) is 3.88. The first-order valence-corrected chi connectivity index (χ1v) is 11.9. The van der Waals surface area contributed by atoms with Crippen LogP contribution in [-0.2, 0) is 9.84 Å². The number of nitrogens with zero attached hydrogens (tertiary/aromatic N) is 2. The highest BCUT2D eigenvalue weighted by molar-refractivity contribution is 7.91. The monoisotopic (exact) mass is 405 g/mol. The minimum atomic E-state index is -3.06. The summed E-state index contributed by atoms with van der Waals surface area (Å²) in [5, 5.41) is 1.05. The molecular weight excluding hydrogens is 374 g/mol. The maximum atomic E-state index is 13.4. The van der Waals surface area contributed by atoms with Gasteiger partial charge in [0, 0.05) is 41.3 Å². The number of sulfone groups is 1. The Labute approximate surface area is 167 Å². The lowest BCUT2D eigenvalue weighted by molar-refractivity contribution is 0.0674. The molecule has 1 saturated heterocycles. The molecule has 1 aliphatic rings. The second-order valence-electron chi connectivity index (χ2n) is 7.72. The summed E-state index contributed by atoms with van der Waals surface area (Å²) < 4.78 is 24.0. The minimum absolute atomic E-state index is 0.0710. The molecule has 1 fully saturated rings. The highest BCUT2D eigenvalue weighted by Gasteiger charge is 2.35. The van der Waals surface area contributed by atoms with Gasteiger partial charge in [-0.1, -0.05) is 13.8 Å². The zero-order valence-corrected chi connectivity index (χ0v) is 18.1. The Bertz CT molecular complexity index is 961. The number of carbonyl (C=O) groups excluding carboxylic acids is 1. The topological polar surface area (TPSA) is 73.5 Å². The Morgan fingerprint density at radius 2 is 1.89 bits per heavy atom. The quantitative estimate of drug-likeness (QED) is 0.769. The van der Waals surface area contributed by atoms with Crippen LogP contribution < -0.4 is 0 Å². The van der Waals surface area contributed by atoms with E-state index in [0.717, 1.165) is 41.8 Å². The van der Waals surface area contributed by atoms with E-state index in [1.807, 2.05) is 32.0 Å². The van der Waals surface area contributed by atoms with E-state index in [2.05, 4.69) is 23.7 Å². The van der Waals surface area contributed by atoms with Crippen molar-refractivity contribution in [1.29, 1.82) is 0 Å². The van der Waals surface area contributed by atoms with E-state index in [-0.39, 0.29) is 23.5 Å². The number of aromatic nitrogens is 1. The minimum Gasteiger partial charge on any atom is -0.358 e. The molecule has 1 N–H and O–H groups in total. The number of hydrogen-bond acceptors (Lipinski definition) is 4. The number of benzene rings is 1. The lowest BCUT2D eigenvalue weighted by Crippen LogP contribution is -2.45. The molecule has 2 aromatic rings. The van der Waals surface area contributed by atoms with Crippen molar-refractivity contribution < 1.29 is 13.2 Å². The van der Waals surface area contributed by atoms with Crippen molar-refractivity contribution in [3.63, 3.8) is 0 Å². The van der Waals surface area contributed by atoms with E-state index in [4.69, 9.17) is 0 Å². The van der Waals surface area contributed by atoms with E-state index in [9.17, 15) is 13.2 Å². The number of fused-ring (bicyclic) bond motifs is 1. The van der Waals surface area contributed by atoms with Gasteiger partial charge in [0.15, 0.2) is 9.84 Å². The van der Waals surface area contributed by atoms with Crippen molar-refractivity contribution in [3.8, 4) is 0 Å². The number of H-pyrrole nitrogens is 1. The highest BCUT2D eigenvalue weighted by Crippen LogP contribution is 2.25. The smallest absolute Gasteiger partial charge is 0.254 e. The van der Waals surface area contributed by atoms with Gasteiger partial charge in [-0.05, 0) is 57.1 Å².